The van der Waals surface area contributed by atoms with Crippen LogP contribution >= 0.6 is 0 Å². The van der Waals surface area contributed by atoms with Crippen molar-refractivity contribution in [3.8, 4) is 0 Å². The van der Waals surface area contributed by atoms with Gasteiger partial charge in [-0.3, -0.25) is 4.79 Å². The molecule has 0 aliphatic rings. The Morgan fingerprint density at radius 2 is 1.69 bits per heavy atom. The van der Waals surface area contributed by atoms with Gasteiger partial charge in [-0.1, -0.05) is 25.7 Å². The predicted molar refractivity (Wildman–Crippen MR) is 51.6 cm³/mol. The third-order valence-electron chi connectivity index (χ3n) is 2.01. The zero-order chi connectivity index (χ0) is 10.1. The van der Waals surface area contributed by atoms with Crippen LogP contribution in [0.3, 0.4) is 0 Å². The summed E-state index contributed by atoms with van der Waals surface area (Å²) >= 11 is 0. The van der Waals surface area contributed by atoms with E-state index >= 15 is 0 Å². The molecule has 1 unspecified atom stereocenters. The van der Waals surface area contributed by atoms with Gasteiger partial charge in [0, 0.05) is 6.42 Å². The Hall–Kier alpha value is -0.570. The van der Waals surface area contributed by atoms with E-state index in [2.05, 4.69) is 0 Å². The molecule has 1 atom stereocenters. The first-order valence-corrected chi connectivity index (χ1v) is 5.03. The summed E-state index contributed by atoms with van der Waals surface area (Å²) in [5.41, 5.74) is 0. The van der Waals surface area contributed by atoms with Gasteiger partial charge in [0.25, 0.3) is 0 Å². The highest BCUT2D eigenvalue weighted by Gasteiger charge is 1.97. The number of aliphatic hydroxyl groups is 1. The van der Waals surface area contributed by atoms with Gasteiger partial charge in [0.2, 0.25) is 0 Å². The number of carboxylic acids is 1. The van der Waals surface area contributed by atoms with Crippen LogP contribution in [0.1, 0.15) is 51.9 Å². The Bertz CT molecular complexity index is 132. The molecule has 0 aliphatic carbocycles. The molecule has 0 bridgehead atoms. The molecule has 3 heteroatoms. The van der Waals surface area contributed by atoms with Crippen LogP contribution in [0, 0.1) is 0 Å². The van der Waals surface area contributed by atoms with Gasteiger partial charge in [0.1, 0.15) is 0 Å². The summed E-state index contributed by atoms with van der Waals surface area (Å²) < 4.78 is 0. The maximum absolute atomic E-state index is 10.1. The molecule has 0 heterocycles. The highest BCUT2D eigenvalue weighted by molar-refractivity contribution is 5.66. The maximum atomic E-state index is 10.1. The number of aliphatic carboxylic acids is 1. The molecule has 2 N–H and O–H groups in total. The fourth-order valence-electron chi connectivity index (χ4n) is 1.25. The lowest BCUT2D eigenvalue weighted by atomic mass is 10.1. The van der Waals surface area contributed by atoms with Crippen molar-refractivity contribution in [1.29, 1.82) is 0 Å². The van der Waals surface area contributed by atoms with E-state index in [0.717, 1.165) is 38.5 Å². The molecule has 0 aromatic carbocycles. The van der Waals surface area contributed by atoms with Gasteiger partial charge < -0.3 is 10.2 Å². The Kier molecular flexibility index (Phi) is 7.69. The lowest BCUT2D eigenvalue weighted by Gasteiger charge is -2.02. The van der Waals surface area contributed by atoms with Crippen molar-refractivity contribution in [2.45, 2.75) is 58.0 Å². The van der Waals surface area contributed by atoms with E-state index in [4.69, 9.17) is 10.2 Å². The molecule has 13 heavy (non-hydrogen) atoms. The Morgan fingerprint density at radius 3 is 2.23 bits per heavy atom. The number of carbonyl (C=O) groups is 1. The molecule has 3 nitrogen and oxygen atoms in total. The smallest absolute Gasteiger partial charge is 0.303 e. The van der Waals surface area contributed by atoms with Crippen molar-refractivity contribution in [2.75, 3.05) is 0 Å². The SMILES string of the molecule is CC(O)CCCCCCCC(=O)O. The van der Waals surface area contributed by atoms with Crippen LogP contribution in [0.4, 0.5) is 0 Å². The van der Waals surface area contributed by atoms with E-state index in [1.807, 2.05) is 0 Å². The first kappa shape index (κ1) is 12.4. The third kappa shape index (κ3) is 11.4. The number of rotatable bonds is 8. The van der Waals surface area contributed by atoms with Crippen LogP contribution < -0.4 is 0 Å². The van der Waals surface area contributed by atoms with Crippen molar-refractivity contribution in [3.05, 3.63) is 0 Å². The van der Waals surface area contributed by atoms with Gasteiger partial charge in [-0.25, -0.2) is 0 Å². The highest BCUT2D eigenvalue weighted by atomic mass is 16.4. The van der Waals surface area contributed by atoms with Crippen LogP contribution in [0.15, 0.2) is 0 Å². The van der Waals surface area contributed by atoms with Crippen LogP contribution in [0.5, 0.6) is 0 Å². The molecule has 0 saturated heterocycles. The molecule has 0 rings (SSSR count). The minimum atomic E-state index is -0.705. The first-order chi connectivity index (χ1) is 6.13. The average Bonchev–Trinajstić information content (AvgIpc) is 2.01. The summed E-state index contributed by atoms with van der Waals surface area (Å²) in [5, 5.41) is 17.3. The predicted octanol–water partition coefficient (Wildman–Crippen LogP) is 2.18. The second-order valence-electron chi connectivity index (χ2n) is 3.55. The number of aliphatic hydroxyl groups excluding tert-OH is 1. The van der Waals surface area contributed by atoms with Crippen LogP contribution in [0.25, 0.3) is 0 Å². The third-order valence-corrected chi connectivity index (χ3v) is 2.01. The molecule has 0 aromatic heterocycles. The van der Waals surface area contributed by atoms with Crippen LogP contribution in [-0.2, 0) is 4.79 Å². The van der Waals surface area contributed by atoms with Gasteiger partial charge in [-0.05, 0) is 19.8 Å². The zero-order valence-corrected chi connectivity index (χ0v) is 8.33. The maximum Gasteiger partial charge on any atom is 0.303 e. The number of carboxylic acid groups (broad SMARTS) is 1. The van der Waals surface area contributed by atoms with Crippen molar-refractivity contribution >= 4 is 5.97 Å². The Labute approximate surface area is 79.8 Å². The summed E-state index contributed by atoms with van der Waals surface area (Å²) in [6.45, 7) is 1.80. The van der Waals surface area contributed by atoms with E-state index in [-0.39, 0.29) is 12.5 Å². The number of hydrogen-bond donors (Lipinski definition) is 2. The summed E-state index contributed by atoms with van der Waals surface area (Å²) in [6, 6.07) is 0. The summed E-state index contributed by atoms with van der Waals surface area (Å²) in [5.74, 6) is -0.705. The Morgan fingerprint density at radius 1 is 1.15 bits per heavy atom. The molecule has 0 radical (unpaired) electrons. The summed E-state index contributed by atoms with van der Waals surface area (Å²) in [7, 11) is 0. The van der Waals surface area contributed by atoms with Gasteiger partial charge in [0.15, 0.2) is 0 Å². The molecule has 0 spiro atoms. The fourth-order valence-corrected chi connectivity index (χ4v) is 1.25. The van der Waals surface area contributed by atoms with Crippen LogP contribution in [0.2, 0.25) is 0 Å². The summed E-state index contributed by atoms with van der Waals surface area (Å²) in [4.78, 5) is 10.1. The molecule has 0 aliphatic heterocycles. The molecule has 78 valence electrons. The molecule has 0 amide bonds. The normalized spacial score (nSPS) is 12.8. The van der Waals surface area contributed by atoms with E-state index in [9.17, 15) is 4.79 Å². The van der Waals surface area contributed by atoms with E-state index in [0.29, 0.717) is 0 Å². The average molecular weight is 188 g/mol. The van der Waals surface area contributed by atoms with Gasteiger partial charge >= 0.3 is 5.97 Å². The lowest BCUT2D eigenvalue weighted by molar-refractivity contribution is -0.137. The quantitative estimate of drug-likeness (QED) is 0.574. The monoisotopic (exact) mass is 188 g/mol. The Balaban J connectivity index is 2.96. The number of hydrogen-bond acceptors (Lipinski definition) is 2. The summed E-state index contributed by atoms with van der Waals surface area (Å²) in [6.07, 6.45) is 5.96. The fraction of sp³-hybridized carbons (Fsp3) is 0.900. The van der Waals surface area contributed by atoms with E-state index in [1.165, 1.54) is 0 Å². The standard InChI is InChI=1S/C10H20O3/c1-9(11)7-5-3-2-4-6-8-10(12)13/h9,11H,2-8H2,1H3,(H,12,13). The molecule has 0 aromatic rings. The topological polar surface area (TPSA) is 57.5 Å². The van der Waals surface area contributed by atoms with Crippen LogP contribution in [-0.4, -0.2) is 22.3 Å². The van der Waals surface area contributed by atoms with Crippen molar-refractivity contribution in [2.24, 2.45) is 0 Å². The van der Waals surface area contributed by atoms with Crippen molar-refractivity contribution < 1.29 is 15.0 Å². The van der Waals surface area contributed by atoms with Gasteiger partial charge in [-0.15, -0.1) is 0 Å². The number of unbranched alkanes of at least 4 members (excludes halogenated alkanes) is 4. The molecule has 0 fully saturated rings. The molecular weight excluding hydrogens is 168 g/mol. The van der Waals surface area contributed by atoms with Crippen molar-refractivity contribution in [1.82, 2.24) is 0 Å². The first-order valence-electron chi connectivity index (χ1n) is 5.03. The minimum absolute atomic E-state index is 0.195. The second-order valence-corrected chi connectivity index (χ2v) is 3.55. The minimum Gasteiger partial charge on any atom is -0.481 e. The highest BCUT2D eigenvalue weighted by Crippen LogP contribution is 2.08. The zero-order valence-electron chi connectivity index (χ0n) is 8.33. The van der Waals surface area contributed by atoms with Crippen molar-refractivity contribution in [3.63, 3.8) is 0 Å². The largest absolute Gasteiger partial charge is 0.481 e. The van der Waals surface area contributed by atoms with E-state index in [1.54, 1.807) is 6.92 Å². The molecular formula is C10H20O3. The second kappa shape index (κ2) is 8.05. The van der Waals surface area contributed by atoms with Gasteiger partial charge in [0.05, 0.1) is 6.10 Å². The lowest BCUT2D eigenvalue weighted by Crippen LogP contribution is -1.98. The van der Waals surface area contributed by atoms with Gasteiger partial charge in [-0.2, -0.15) is 0 Å². The molecule has 0 saturated carbocycles. The van der Waals surface area contributed by atoms with E-state index < -0.39 is 5.97 Å².